The van der Waals surface area contributed by atoms with Crippen LogP contribution in [0.4, 0.5) is 11.5 Å². The van der Waals surface area contributed by atoms with E-state index in [9.17, 15) is 0 Å². The van der Waals surface area contributed by atoms with Gasteiger partial charge in [0.2, 0.25) is 0 Å². The Morgan fingerprint density at radius 3 is 2.52 bits per heavy atom. The van der Waals surface area contributed by atoms with Crippen LogP contribution in [0.1, 0.15) is 11.3 Å². The first-order valence-corrected chi connectivity index (χ1v) is 9.32. The molecule has 2 N–H and O–H groups in total. The molecule has 0 aliphatic carbocycles. The molecule has 0 spiro atoms. The van der Waals surface area contributed by atoms with Gasteiger partial charge >= 0.3 is 0 Å². The topological polar surface area (TPSA) is 51.1 Å². The van der Waals surface area contributed by atoms with Crippen LogP contribution >= 0.6 is 35.4 Å². The second-order valence-corrected chi connectivity index (χ2v) is 7.06. The van der Waals surface area contributed by atoms with Gasteiger partial charge in [-0.05, 0) is 43.4 Å². The summed E-state index contributed by atoms with van der Waals surface area (Å²) in [5, 5.41) is 12.4. The summed E-state index contributed by atoms with van der Waals surface area (Å²) in [5.41, 5.74) is 2.61. The minimum Gasteiger partial charge on any atom is -0.497 e. The van der Waals surface area contributed by atoms with E-state index in [1.54, 1.807) is 7.11 Å². The number of rotatable bonds is 5. The lowest BCUT2D eigenvalue weighted by atomic mass is 10.2. The first-order valence-electron chi connectivity index (χ1n) is 8.15. The van der Waals surface area contributed by atoms with Crippen LogP contribution in [-0.2, 0) is 6.54 Å². The highest BCUT2D eigenvalue weighted by atomic mass is 35.5. The molecule has 0 aliphatic rings. The number of nitrogens with one attached hydrogen (secondary N) is 2. The van der Waals surface area contributed by atoms with Gasteiger partial charge in [-0.2, -0.15) is 5.10 Å². The second kappa shape index (κ2) is 8.61. The monoisotopic (exact) mass is 420 g/mol. The van der Waals surface area contributed by atoms with Gasteiger partial charge in [0, 0.05) is 39.1 Å². The molecule has 0 saturated heterocycles. The number of benzene rings is 2. The van der Waals surface area contributed by atoms with Gasteiger partial charge in [-0.1, -0.05) is 35.3 Å². The van der Waals surface area contributed by atoms with Crippen molar-refractivity contribution in [2.75, 3.05) is 17.7 Å². The van der Waals surface area contributed by atoms with Crippen LogP contribution in [0.3, 0.4) is 0 Å². The summed E-state index contributed by atoms with van der Waals surface area (Å²) in [4.78, 5) is 0. The smallest absolute Gasteiger partial charge is 0.176 e. The molecule has 0 aliphatic heterocycles. The Hall–Kier alpha value is -2.28. The van der Waals surface area contributed by atoms with Crippen molar-refractivity contribution in [1.82, 2.24) is 9.78 Å². The van der Waals surface area contributed by atoms with E-state index in [2.05, 4.69) is 15.7 Å². The highest BCUT2D eigenvalue weighted by Gasteiger charge is 2.11. The van der Waals surface area contributed by atoms with Crippen molar-refractivity contribution in [3.63, 3.8) is 0 Å². The van der Waals surface area contributed by atoms with E-state index in [-0.39, 0.29) is 0 Å². The SMILES string of the molecule is COc1cccc(NC(=S)Nc2cc(C)n(Cc3c(Cl)cccc3Cl)n2)c1. The van der Waals surface area contributed by atoms with Crippen LogP contribution in [0.15, 0.2) is 48.5 Å². The lowest BCUT2D eigenvalue weighted by Crippen LogP contribution is -2.19. The summed E-state index contributed by atoms with van der Waals surface area (Å²) in [6.07, 6.45) is 0. The molecular weight excluding hydrogens is 403 g/mol. The van der Waals surface area contributed by atoms with Crippen molar-refractivity contribution in [1.29, 1.82) is 0 Å². The number of methoxy groups -OCH3 is 1. The first-order chi connectivity index (χ1) is 13.0. The molecule has 0 atom stereocenters. The highest BCUT2D eigenvalue weighted by Crippen LogP contribution is 2.26. The molecule has 2 aromatic carbocycles. The molecule has 0 saturated carbocycles. The van der Waals surface area contributed by atoms with Gasteiger partial charge in [-0.3, -0.25) is 4.68 Å². The summed E-state index contributed by atoms with van der Waals surface area (Å²) in [5.74, 6) is 1.38. The van der Waals surface area contributed by atoms with Gasteiger partial charge < -0.3 is 15.4 Å². The quantitative estimate of drug-likeness (QED) is 0.543. The number of hydrogen-bond acceptors (Lipinski definition) is 3. The lowest BCUT2D eigenvalue weighted by Gasteiger charge is -2.10. The number of anilines is 2. The number of aromatic nitrogens is 2. The van der Waals surface area contributed by atoms with Crippen molar-refractivity contribution >= 4 is 52.0 Å². The minimum absolute atomic E-state index is 0.434. The molecule has 0 amide bonds. The first kappa shape index (κ1) is 19.5. The second-order valence-electron chi connectivity index (χ2n) is 5.84. The van der Waals surface area contributed by atoms with Crippen molar-refractivity contribution in [3.05, 3.63) is 69.8 Å². The summed E-state index contributed by atoms with van der Waals surface area (Å²) < 4.78 is 7.03. The molecule has 5 nitrogen and oxygen atoms in total. The summed E-state index contributed by atoms with van der Waals surface area (Å²) in [7, 11) is 1.62. The molecule has 1 heterocycles. The van der Waals surface area contributed by atoms with Gasteiger partial charge in [0.1, 0.15) is 5.75 Å². The molecular formula is C19H18Cl2N4OS. The number of ether oxygens (including phenoxy) is 1. The lowest BCUT2D eigenvalue weighted by molar-refractivity contribution is 0.415. The van der Waals surface area contributed by atoms with Gasteiger partial charge in [0.05, 0.1) is 13.7 Å². The average Bonchev–Trinajstić information content (AvgIpc) is 2.97. The van der Waals surface area contributed by atoms with E-state index in [4.69, 9.17) is 40.2 Å². The maximum atomic E-state index is 6.26. The number of thiocarbonyl (C=S) groups is 1. The van der Waals surface area contributed by atoms with E-state index in [1.165, 1.54) is 0 Å². The molecule has 8 heteroatoms. The van der Waals surface area contributed by atoms with E-state index in [1.807, 2.05) is 60.1 Å². The van der Waals surface area contributed by atoms with Crippen molar-refractivity contribution in [3.8, 4) is 5.75 Å². The van der Waals surface area contributed by atoms with Gasteiger partial charge in [-0.25, -0.2) is 0 Å². The zero-order chi connectivity index (χ0) is 19.4. The average molecular weight is 421 g/mol. The number of halogens is 2. The van der Waals surface area contributed by atoms with Crippen LogP contribution in [0, 0.1) is 6.92 Å². The molecule has 0 fully saturated rings. The maximum absolute atomic E-state index is 6.26. The van der Waals surface area contributed by atoms with Crippen LogP contribution < -0.4 is 15.4 Å². The normalized spacial score (nSPS) is 10.5. The molecule has 3 rings (SSSR count). The maximum Gasteiger partial charge on any atom is 0.176 e. The number of nitrogens with zero attached hydrogens (tertiary/aromatic N) is 2. The highest BCUT2D eigenvalue weighted by molar-refractivity contribution is 7.80. The van der Waals surface area contributed by atoms with Crippen LogP contribution in [0.25, 0.3) is 0 Å². The van der Waals surface area contributed by atoms with E-state index < -0.39 is 0 Å². The van der Waals surface area contributed by atoms with Crippen molar-refractivity contribution in [2.45, 2.75) is 13.5 Å². The molecule has 27 heavy (non-hydrogen) atoms. The predicted octanol–water partition coefficient (Wildman–Crippen LogP) is 5.36. The third-order valence-corrected chi connectivity index (χ3v) is 4.83. The Balaban J connectivity index is 1.69. The summed E-state index contributed by atoms with van der Waals surface area (Å²) in [6, 6.07) is 14.9. The zero-order valence-electron chi connectivity index (χ0n) is 14.8. The minimum atomic E-state index is 0.434. The molecule has 140 valence electrons. The van der Waals surface area contributed by atoms with Gasteiger partial charge in [-0.15, -0.1) is 0 Å². The Labute approximate surface area is 173 Å². The molecule has 0 unspecified atom stereocenters. The van der Waals surface area contributed by atoms with Crippen molar-refractivity contribution in [2.24, 2.45) is 0 Å². The standard InChI is InChI=1S/C19H18Cl2N4OS/c1-12-9-18(23-19(27)22-13-5-3-6-14(10-13)26-2)24-25(12)11-15-16(20)7-4-8-17(15)21/h3-10H,11H2,1-2H3,(H2,22,23,24,27). The van der Waals surface area contributed by atoms with Crippen LogP contribution in [-0.4, -0.2) is 22.0 Å². The molecule has 3 aromatic rings. The number of aryl methyl sites for hydroxylation is 1. The fourth-order valence-electron chi connectivity index (χ4n) is 2.54. The zero-order valence-corrected chi connectivity index (χ0v) is 17.1. The van der Waals surface area contributed by atoms with E-state index >= 15 is 0 Å². The Morgan fingerprint density at radius 2 is 1.81 bits per heavy atom. The summed E-state index contributed by atoms with van der Waals surface area (Å²) >= 11 is 17.9. The Bertz CT molecular complexity index is 954. The van der Waals surface area contributed by atoms with Crippen LogP contribution in [0.5, 0.6) is 5.75 Å². The van der Waals surface area contributed by atoms with Gasteiger partial charge in [0.15, 0.2) is 10.9 Å². The number of hydrogen-bond donors (Lipinski definition) is 2. The Morgan fingerprint density at radius 1 is 1.11 bits per heavy atom. The predicted molar refractivity (Wildman–Crippen MR) is 115 cm³/mol. The fourth-order valence-corrected chi connectivity index (χ4v) is 3.28. The van der Waals surface area contributed by atoms with E-state index in [0.29, 0.717) is 27.5 Å². The summed E-state index contributed by atoms with van der Waals surface area (Å²) in [6.45, 7) is 2.43. The fraction of sp³-hybridized carbons (Fsp3) is 0.158. The molecule has 0 radical (unpaired) electrons. The largest absolute Gasteiger partial charge is 0.497 e. The Kier molecular flexibility index (Phi) is 6.21. The van der Waals surface area contributed by atoms with Crippen molar-refractivity contribution < 1.29 is 4.74 Å². The molecule has 1 aromatic heterocycles. The van der Waals surface area contributed by atoms with E-state index in [0.717, 1.165) is 22.7 Å². The van der Waals surface area contributed by atoms with Crippen LogP contribution in [0.2, 0.25) is 10.0 Å². The third kappa shape index (κ3) is 4.91. The third-order valence-electron chi connectivity index (χ3n) is 3.92. The molecule has 0 bridgehead atoms. The van der Waals surface area contributed by atoms with Gasteiger partial charge in [0.25, 0.3) is 0 Å².